The van der Waals surface area contributed by atoms with Crippen LogP contribution in [-0.4, -0.2) is 39.9 Å². The van der Waals surface area contributed by atoms with E-state index in [0.717, 1.165) is 48.5 Å². The van der Waals surface area contributed by atoms with Gasteiger partial charge in [0.25, 0.3) is 5.91 Å². The predicted octanol–water partition coefficient (Wildman–Crippen LogP) is 4.76. The van der Waals surface area contributed by atoms with Crippen LogP contribution >= 0.6 is 0 Å². The first-order chi connectivity index (χ1) is 13.7. The average molecular weight is 379 g/mol. The lowest BCUT2D eigenvalue weighted by atomic mass is 9.96. The van der Waals surface area contributed by atoms with Crippen LogP contribution in [0.5, 0.6) is 0 Å². The number of carbonyl (C=O) groups is 1. The second-order valence-electron chi connectivity index (χ2n) is 8.33. The Morgan fingerprint density at radius 3 is 2.21 bits per heavy atom. The van der Waals surface area contributed by atoms with Gasteiger partial charge in [0.2, 0.25) is 5.95 Å². The molecule has 2 fully saturated rings. The summed E-state index contributed by atoms with van der Waals surface area (Å²) in [5.74, 6) is 1.57. The van der Waals surface area contributed by atoms with Crippen molar-refractivity contribution in [1.29, 1.82) is 0 Å². The Hall–Kier alpha value is -2.43. The van der Waals surface area contributed by atoms with Crippen LogP contribution in [-0.2, 0) is 0 Å². The molecule has 1 saturated heterocycles. The zero-order valence-corrected chi connectivity index (χ0v) is 16.7. The number of amides is 1. The molecule has 0 radical (unpaired) electrons. The molecule has 1 aliphatic heterocycles. The van der Waals surface area contributed by atoms with Gasteiger partial charge in [0.05, 0.1) is 0 Å². The van der Waals surface area contributed by atoms with Crippen LogP contribution in [0.25, 0.3) is 11.1 Å². The van der Waals surface area contributed by atoms with Gasteiger partial charge in [-0.15, -0.1) is 0 Å². The molecule has 5 nitrogen and oxygen atoms in total. The number of nitrogens with one attached hydrogen (secondary N) is 1. The van der Waals surface area contributed by atoms with Crippen molar-refractivity contribution >= 4 is 11.9 Å². The molecule has 148 valence electrons. The van der Waals surface area contributed by atoms with Gasteiger partial charge in [-0.3, -0.25) is 4.79 Å². The number of hydrogen-bond donors (Lipinski definition) is 1. The van der Waals surface area contributed by atoms with Crippen LogP contribution < -0.4 is 5.32 Å². The van der Waals surface area contributed by atoms with Gasteiger partial charge >= 0.3 is 0 Å². The van der Waals surface area contributed by atoms with Crippen LogP contribution in [0.15, 0.2) is 36.7 Å². The minimum atomic E-state index is 0.140. The van der Waals surface area contributed by atoms with Crippen molar-refractivity contribution in [3.63, 3.8) is 0 Å². The number of aromatic nitrogens is 2. The van der Waals surface area contributed by atoms with E-state index in [2.05, 4.69) is 22.2 Å². The Kier molecular flexibility index (Phi) is 5.89. The number of anilines is 1. The summed E-state index contributed by atoms with van der Waals surface area (Å²) in [5.41, 5.74) is 2.77. The van der Waals surface area contributed by atoms with Crippen molar-refractivity contribution in [1.82, 2.24) is 14.9 Å². The third kappa shape index (κ3) is 4.51. The van der Waals surface area contributed by atoms with Gasteiger partial charge in [0.15, 0.2) is 0 Å². The second-order valence-corrected chi connectivity index (χ2v) is 8.33. The summed E-state index contributed by atoms with van der Waals surface area (Å²) in [7, 11) is 0. The second kappa shape index (κ2) is 8.72. The smallest absolute Gasteiger partial charge is 0.253 e. The highest BCUT2D eigenvalue weighted by atomic mass is 16.2. The first-order valence-electron chi connectivity index (χ1n) is 10.7. The number of benzene rings is 1. The molecular formula is C23H30N4O. The van der Waals surface area contributed by atoms with Crippen LogP contribution in [0.1, 0.15) is 62.2 Å². The van der Waals surface area contributed by atoms with Gasteiger partial charge in [-0.2, -0.15) is 0 Å². The maximum absolute atomic E-state index is 12.7. The van der Waals surface area contributed by atoms with Crippen molar-refractivity contribution in [3.8, 4) is 11.1 Å². The Morgan fingerprint density at radius 2 is 1.57 bits per heavy atom. The van der Waals surface area contributed by atoms with Gasteiger partial charge in [-0.05, 0) is 49.3 Å². The molecule has 1 amide bonds. The molecule has 28 heavy (non-hydrogen) atoms. The van der Waals surface area contributed by atoms with Crippen molar-refractivity contribution in [2.75, 3.05) is 18.4 Å². The first kappa shape index (κ1) is 18.9. The van der Waals surface area contributed by atoms with E-state index in [4.69, 9.17) is 0 Å². The topological polar surface area (TPSA) is 58.1 Å². The number of hydrogen-bond acceptors (Lipinski definition) is 4. The third-order valence-corrected chi connectivity index (χ3v) is 6.13. The number of likely N-dealkylation sites (tertiary alicyclic amines) is 1. The minimum absolute atomic E-state index is 0.140. The lowest BCUT2D eigenvalue weighted by Gasteiger charge is -2.30. The highest BCUT2D eigenvalue weighted by Gasteiger charge is 2.21. The van der Waals surface area contributed by atoms with Gasteiger partial charge in [0.1, 0.15) is 0 Å². The van der Waals surface area contributed by atoms with E-state index in [-0.39, 0.29) is 5.91 Å². The fourth-order valence-corrected chi connectivity index (χ4v) is 4.18. The molecule has 2 aliphatic rings. The molecule has 2 heterocycles. The fraction of sp³-hybridized carbons (Fsp3) is 0.522. The molecule has 0 spiro atoms. The van der Waals surface area contributed by atoms with E-state index in [1.807, 2.05) is 41.6 Å². The van der Waals surface area contributed by atoms with Gasteiger partial charge in [0, 0.05) is 42.7 Å². The van der Waals surface area contributed by atoms with Gasteiger partial charge in [-0.25, -0.2) is 9.97 Å². The lowest BCUT2D eigenvalue weighted by Crippen LogP contribution is -2.37. The predicted molar refractivity (Wildman–Crippen MR) is 112 cm³/mol. The minimum Gasteiger partial charge on any atom is -0.351 e. The normalized spacial score (nSPS) is 18.8. The molecule has 0 bridgehead atoms. The van der Waals surface area contributed by atoms with Gasteiger partial charge in [-0.1, -0.05) is 38.3 Å². The average Bonchev–Trinajstić information content (AvgIpc) is 2.75. The monoisotopic (exact) mass is 378 g/mol. The van der Waals surface area contributed by atoms with Crippen LogP contribution in [0.4, 0.5) is 5.95 Å². The van der Waals surface area contributed by atoms with E-state index in [1.54, 1.807) is 0 Å². The number of piperidine rings is 1. The standard InChI is InChI=1S/C23H30N4O/c1-17-11-13-27(14-12-17)22(28)19-9-7-18(8-10-19)20-15-24-23(25-16-20)26-21-5-3-2-4-6-21/h7-10,15-17,21H,2-6,11-14H2,1H3,(H,24,25,26). The van der Waals surface area contributed by atoms with Crippen molar-refractivity contribution in [2.45, 2.75) is 57.9 Å². The maximum atomic E-state index is 12.7. The van der Waals surface area contributed by atoms with E-state index >= 15 is 0 Å². The molecule has 2 aromatic rings. The summed E-state index contributed by atoms with van der Waals surface area (Å²) in [5, 5.41) is 3.45. The quantitative estimate of drug-likeness (QED) is 0.833. The van der Waals surface area contributed by atoms with E-state index < -0.39 is 0 Å². The summed E-state index contributed by atoms with van der Waals surface area (Å²) < 4.78 is 0. The number of rotatable bonds is 4. The Bertz CT molecular complexity index is 773. The van der Waals surface area contributed by atoms with E-state index in [0.29, 0.717) is 12.0 Å². The Morgan fingerprint density at radius 1 is 0.929 bits per heavy atom. The largest absolute Gasteiger partial charge is 0.351 e. The molecule has 0 unspecified atom stereocenters. The molecule has 0 atom stereocenters. The zero-order valence-electron chi connectivity index (χ0n) is 16.7. The highest BCUT2D eigenvalue weighted by molar-refractivity contribution is 5.94. The van der Waals surface area contributed by atoms with Crippen molar-refractivity contribution < 1.29 is 4.79 Å². The molecule has 1 N–H and O–H groups in total. The van der Waals surface area contributed by atoms with Crippen LogP contribution in [0.3, 0.4) is 0 Å². The molecular weight excluding hydrogens is 348 g/mol. The van der Waals surface area contributed by atoms with E-state index in [1.165, 1.54) is 32.1 Å². The number of carbonyl (C=O) groups excluding carboxylic acids is 1. The summed E-state index contributed by atoms with van der Waals surface area (Å²) >= 11 is 0. The zero-order chi connectivity index (χ0) is 19.3. The molecule has 1 aromatic carbocycles. The van der Waals surface area contributed by atoms with Crippen LogP contribution in [0, 0.1) is 5.92 Å². The van der Waals surface area contributed by atoms with Crippen LogP contribution in [0.2, 0.25) is 0 Å². The summed E-state index contributed by atoms with van der Waals surface area (Å²) in [6.45, 7) is 3.99. The van der Waals surface area contributed by atoms with Gasteiger partial charge < -0.3 is 10.2 Å². The number of nitrogens with zero attached hydrogens (tertiary/aromatic N) is 3. The Balaban J connectivity index is 1.38. The summed E-state index contributed by atoms with van der Waals surface area (Å²) in [6, 6.07) is 8.33. The first-order valence-corrected chi connectivity index (χ1v) is 10.7. The molecule has 1 aromatic heterocycles. The highest BCUT2D eigenvalue weighted by Crippen LogP contribution is 2.23. The molecule has 1 aliphatic carbocycles. The molecule has 5 heteroatoms. The third-order valence-electron chi connectivity index (χ3n) is 6.13. The molecule has 1 saturated carbocycles. The van der Waals surface area contributed by atoms with E-state index in [9.17, 15) is 4.79 Å². The lowest BCUT2D eigenvalue weighted by molar-refractivity contribution is 0.0697. The molecule has 4 rings (SSSR count). The SMILES string of the molecule is CC1CCN(C(=O)c2ccc(-c3cnc(NC4CCCCC4)nc3)cc2)CC1. The van der Waals surface area contributed by atoms with Crippen molar-refractivity contribution in [3.05, 3.63) is 42.2 Å². The Labute approximate surface area is 167 Å². The summed E-state index contributed by atoms with van der Waals surface area (Å²) in [4.78, 5) is 23.6. The maximum Gasteiger partial charge on any atom is 0.253 e. The summed E-state index contributed by atoms with van der Waals surface area (Å²) in [6.07, 6.45) is 12.3. The van der Waals surface area contributed by atoms with Crippen molar-refractivity contribution in [2.24, 2.45) is 5.92 Å². The fourth-order valence-electron chi connectivity index (χ4n) is 4.18.